The lowest BCUT2D eigenvalue weighted by atomic mass is 10.1. The Morgan fingerprint density at radius 3 is 2.29 bits per heavy atom. The van der Waals surface area contributed by atoms with Crippen LogP contribution in [0, 0.1) is 5.82 Å². The maximum Gasteiger partial charge on any atom is 0.256 e. The summed E-state index contributed by atoms with van der Waals surface area (Å²) >= 11 is 6.21. The maximum absolute atomic E-state index is 13.9. The Hall–Kier alpha value is -2.99. The van der Waals surface area contributed by atoms with Gasteiger partial charge in [0, 0.05) is 31.7 Å². The van der Waals surface area contributed by atoms with Crippen LogP contribution >= 0.6 is 11.6 Å². The predicted molar refractivity (Wildman–Crippen MR) is 107 cm³/mol. The first kappa shape index (κ1) is 18.4. The van der Waals surface area contributed by atoms with Gasteiger partial charge in [0.2, 0.25) is 0 Å². The number of carbonyl (C=O) groups is 1. The summed E-state index contributed by atoms with van der Waals surface area (Å²) in [4.78, 5) is 16.3. The van der Waals surface area contributed by atoms with Gasteiger partial charge in [-0.3, -0.25) is 4.79 Å². The molecule has 1 amide bonds. The molecule has 2 aromatic carbocycles. The molecule has 0 aliphatic carbocycles. The maximum atomic E-state index is 13.9. The van der Waals surface area contributed by atoms with Crippen molar-refractivity contribution >= 4 is 23.3 Å². The average Bonchev–Trinajstić information content (AvgIpc) is 2.74. The second-order valence-electron chi connectivity index (χ2n) is 6.52. The minimum Gasteiger partial charge on any atom is -0.352 e. The van der Waals surface area contributed by atoms with Crippen molar-refractivity contribution in [2.75, 3.05) is 31.1 Å². The number of rotatable bonds is 3. The Bertz CT molecular complexity index is 988. The number of hydrogen-bond acceptors (Lipinski definition) is 4. The Balaban J connectivity index is 1.42. The van der Waals surface area contributed by atoms with Crippen molar-refractivity contribution < 1.29 is 9.18 Å². The second-order valence-corrected chi connectivity index (χ2v) is 6.92. The molecule has 1 fully saturated rings. The molecular formula is C21H18ClFN4O. The lowest BCUT2D eigenvalue weighted by Crippen LogP contribution is -2.49. The Morgan fingerprint density at radius 2 is 1.61 bits per heavy atom. The van der Waals surface area contributed by atoms with Gasteiger partial charge >= 0.3 is 0 Å². The summed E-state index contributed by atoms with van der Waals surface area (Å²) in [5, 5.41) is 9.24. The molecule has 0 atom stereocenters. The van der Waals surface area contributed by atoms with E-state index in [4.69, 9.17) is 11.6 Å². The third-order valence-electron chi connectivity index (χ3n) is 4.80. The fraction of sp³-hybridized carbons (Fsp3) is 0.190. The Kier molecular flexibility index (Phi) is 5.21. The molecular weight excluding hydrogens is 379 g/mol. The van der Waals surface area contributed by atoms with Crippen LogP contribution < -0.4 is 4.90 Å². The van der Waals surface area contributed by atoms with Crippen LogP contribution in [0.5, 0.6) is 0 Å². The number of amides is 1. The molecule has 1 aliphatic heterocycles. The highest BCUT2D eigenvalue weighted by Crippen LogP contribution is 2.26. The first-order valence-electron chi connectivity index (χ1n) is 9.01. The molecule has 0 bridgehead atoms. The molecule has 0 N–H and O–H groups in total. The molecule has 7 heteroatoms. The van der Waals surface area contributed by atoms with E-state index in [2.05, 4.69) is 15.1 Å². The summed E-state index contributed by atoms with van der Waals surface area (Å²) in [5.41, 5.74) is 1.66. The van der Waals surface area contributed by atoms with E-state index in [1.165, 1.54) is 12.1 Å². The van der Waals surface area contributed by atoms with Crippen molar-refractivity contribution in [1.29, 1.82) is 0 Å². The molecule has 5 nitrogen and oxygen atoms in total. The predicted octanol–water partition coefficient (Wildman–Crippen LogP) is 3.90. The third kappa shape index (κ3) is 3.68. The van der Waals surface area contributed by atoms with Crippen molar-refractivity contribution in [3.05, 3.63) is 77.1 Å². The Morgan fingerprint density at radius 1 is 0.893 bits per heavy atom. The number of anilines is 1. The molecule has 0 unspecified atom stereocenters. The SMILES string of the molecule is O=C(c1ccccc1F)N1CCN(c2ccc(-c3ccccc3Cl)nn2)CC1. The fourth-order valence-corrected chi connectivity index (χ4v) is 3.48. The minimum atomic E-state index is -0.490. The first-order chi connectivity index (χ1) is 13.6. The molecule has 2 heterocycles. The molecule has 1 aromatic heterocycles. The van der Waals surface area contributed by atoms with Crippen LogP contribution in [0.1, 0.15) is 10.4 Å². The number of nitrogens with zero attached hydrogens (tertiary/aromatic N) is 4. The summed E-state index contributed by atoms with van der Waals surface area (Å²) in [6, 6.07) is 17.4. The van der Waals surface area contributed by atoms with E-state index >= 15 is 0 Å². The van der Waals surface area contributed by atoms with Crippen molar-refractivity contribution in [2.45, 2.75) is 0 Å². The quantitative estimate of drug-likeness (QED) is 0.673. The highest BCUT2D eigenvalue weighted by atomic mass is 35.5. The number of benzene rings is 2. The van der Waals surface area contributed by atoms with E-state index < -0.39 is 5.82 Å². The van der Waals surface area contributed by atoms with E-state index in [9.17, 15) is 9.18 Å². The number of carbonyl (C=O) groups excluding carboxylic acids is 1. The summed E-state index contributed by atoms with van der Waals surface area (Å²) in [6.45, 7) is 2.23. The summed E-state index contributed by atoms with van der Waals surface area (Å²) in [5.74, 6) is -0.0253. The van der Waals surface area contributed by atoms with E-state index in [0.29, 0.717) is 36.9 Å². The average molecular weight is 397 g/mol. The summed E-state index contributed by atoms with van der Waals surface area (Å²) in [7, 11) is 0. The molecule has 0 radical (unpaired) electrons. The van der Waals surface area contributed by atoms with Crippen molar-refractivity contribution in [3.63, 3.8) is 0 Å². The molecule has 28 heavy (non-hydrogen) atoms. The highest BCUT2D eigenvalue weighted by molar-refractivity contribution is 6.33. The smallest absolute Gasteiger partial charge is 0.256 e. The van der Waals surface area contributed by atoms with Gasteiger partial charge in [0.25, 0.3) is 5.91 Å². The molecule has 1 saturated heterocycles. The molecule has 142 valence electrons. The number of halogens is 2. The lowest BCUT2D eigenvalue weighted by molar-refractivity contribution is 0.0742. The van der Waals surface area contributed by atoms with Gasteiger partial charge in [0.15, 0.2) is 5.82 Å². The van der Waals surface area contributed by atoms with Crippen molar-refractivity contribution in [1.82, 2.24) is 15.1 Å². The topological polar surface area (TPSA) is 49.3 Å². The van der Waals surface area contributed by atoms with Crippen LogP contribution in [0.4, 0.5) is 10.2 Å². The van der Waals surface area contributed by atoms with Gasteiger partial charge in [-0.1, -0.05) is 41.9 Å². The normalized spacial score (nSPS) is 14.2. The molecule has 1 aliphatic rings. The van der Waals surface area contributed by atoms with Crippen LogP contribution in [0.15, 0.2) is 60.7 Å². The zero-order valence-electron chi connectivity index (χ0n) is 15.1. The highest BCUT2D eigenvalue weighted by Gasteiger charge is 2.24. The standard InChI is InChI=1S/C21H18ClFN4O/c22-17-7-3-1-5-15(17)19-9-10-20(25-24-19)26-11-13-27(14-12-26)21(28)16-6-2-4-8-18(16)23/h1-10H,11-14H2. The monoisotopic (exact) mass is 396 g/mol. The van der Waals surface area contributed by atoms with Crippen LogP contribution in [0.25, 0.3) is 11.3 Å². The number of hydrogen-bond donors (Lipinski definition) is 0. The van der Waals surface area contributed by atoms with Crippen LogP contribution in [-0.2, 0) is 0 Å². The van der Waals surface area contributed by atoms with Crippen molar-refractivity contribution in [3.8, 4) is 11.3 Å². The van der Waals surface area contributed by atoms with Crippen LogP contribution in [0.3, 0.4) is 0 Å². The van der Waals surface area contributed by atoms with E-state index in [1.54, 1.807) is 17.0 Å². The zero-order valence-corrected chi connectivity index (χ0v) is 15.8. The van der Waals surface area contributed by atoms with Crippen LogP contribution in [-0.4, -0.2) is 47.2 Å². The van der Waals surface area contributed by atoms with Gasteiger partial charge in [-0.2, -0.15) is 0 Å². The van der Waals surface area contributed by atoms with Gasteiger partial charge in [0.05, 0.1) is 16.3 Å². The molecule has 3 aromatic rings. The molecule has 0 spiro atoms. The third-order valence-corrected chi connectivity index (χ3v) is 5.13. The zero-order chi connectivity index (χ0) is 19.5. The number of aromatic nitrogens is 2. The van der Waals surface area contributed by atoms with E-state index in [-0.39, 0.29) is 11.5 Å². The van der Waals surface area contributed by atoms with Gasteiger partial charge in [-0.25, -0.2) is 4.39 Å². The molecule has 4 rings (SSSR count). The fourth-order valence-electron chi connectivity index (χ4n) is 3.25. The van der Waals surface area contributed by atoms with Gasteiger partial charge in [0.1, 0.15) is 5.82 Å². The second kappa shape index (κ2) is 7.94. The Labute approximate surface area is 167 Å². The van der Waals surface area contributed by atoms with Crippen LogP contribution in [0.2, 0.25) is 5.02 Å². The van der Waals surface area contributed by atoms with E-state index in [0.717, 1.165) is 11.4 Å². The van der Waals surface area contributed by atoms with Gasteiger partial charge in [-0.15, -0.1) is 10.2 Å². The summed E-state index contributed by atoms with van der Waals surface area (Å²) < 4.78 is 13.9. The van der Waals surface area contributed by atoms with Crippen molar-refractivity contribution in [2.24, 2.45) is 0 Å². The van der Waals surface area contributed by atoms with E-state index in [1.807, 2.05) is 36.4 Å². The van der Waals surface area contributed by atoms with Gasteiger partial charge in [-0.05, 0) is 30.3 Å². The van der Waals surface area contributed by atoms with Gasteiger partial charge < -0.3 is 9.80 Å². The largest absolute Gasteiger partial charge is 0.352 e. The molecule has 0 saturated carbocycles. The first-order valence-corrected chi connectivity index (χ1v) is 9.38. The lowest BCUT2D eigenvalue weighted by Gasteiger charge is -2.35. The number of piperazine rings is 1. The minimum absolute atomic E-state index is 0.111. The summed E-state index contributed by atoms with van der Waals surface area (Å²) in [6.07, 6.45) is 0.